The number of halogens is 3. The Balaban J connectivity index is 0.000000406. The lowest BCUT2D eigenvalue weighted by molar-refractivity contribution is -0.192. The fourth-order valence-corrected chi connectivity index (χ4v) is 3.63. The molecular weight excluding hydrogens is 453 g/mol. The van der Waals surface area contributed by atoms with Crippen molar-refractivity contribution in [2.45, 2.75) is 19.6 Å². The number of aromatic nitrogens is 2. The van der Waals surface area contributed by atoms with Crippen molar-refractivity contribution < 1.29 is 27.9 Å². The lowest BCUT2D eigenvalue weighted by Gasteiger charge is -2.30. The number of anilines is 3. The number of carbonyl (C=O) groups excluding carboxylic acids is 1. The number of nitrogens with one attached hydrogen (secondary N) is 2. The predicted octanol–water partition coefficient (Wildman–Crippen LogP) is 2.71. The molecule has 1 fully saturated rings. The maximum atomic E-state index is 12.3. The number of alkyl halides is 3. The summed E-state index contributed by atoms with van der Waals surface area (Å²) < 4.78 is 31.7. The van der Waals surface area contributed by atoms with Crippen LogP contribution in [0, 0.1) is 6.92 Å². The molecule has 0 bridgehead atoms. The molecule has 4 rings (SSSR count). The van der Waals surface area contributed by atoms with Crippen LogP contribution >= 0.6 is 0 Å². The number of hydrogen-bond acceptors (Lipinski definition) is 7. The third-order valence-corrected chi connectivity index (χ3v) is 5.23. The first kappa shape index (κ1) is 25.0. The molecule has 9 nitrogen and oxygen atoms in total. The van der Waals surface area contributed by atoms with Crippen LogP contribution in [-0.2, 0) is 11.3 Å². The summed E-state index contributed by atoms with van der Waals surface area (Å²) in [6.07, 6.45) is -1.75. The van der Waals surface area contributed by atoms with Gasteiger partial charge < -0.3 is 25.5 Å². The molecule has 0 aliphatic carbocycles. The second kappa shape index (κ2) is 10.5. The average molecular weight is 478 g/mol. The molecule has 3 heterocycles. The molecule has 2 aliphatic heterocycles. The van der Waals surface area contributed by atoms with Crippen LogP contribution < -0.4 is 15.5 Å². The highest BCUT2D eigenvalue weighted by atomic mass is 19.4. The third-order valence-electron chi connectivity index (χ3n) is 5.23. The summed E-state index contributed by atoms with van der Waals surface area (Å²) in [5.74, 6) is -2.28. The first-order valence-electron chi connectivity index (χ1n) is 10.5. The van der Waals surface area contributed by atoms with Gasteiger partial charge in [-0.05, 0) is 30.7 Å². The second-order valence-electron chi connectivity index (χ2n) is 7.69. The van der Waals surface area contributed by atoms with Gasteiger partial charge in [0, 0.05) is 50.3 Å². The monoisotopic (exact) mass is 478 g/mol. The number of fused-ring (bicyclic) bond motifs is 1. The van der Waals surface area contributed by atoms with E-state index in [-0.39, 0.29) is 5.91 Å². The predicted molar refractivity (Wildman–Crippen MR) is 120 cm³/mol. The highest BCUT2D eigenvalue weighted by Gasteiger charge is 2.38. The van der Waals surface area contributed by atoms with Crippen LogP contribution in [0.3, 0.4) is 0 Å². The van der Waals surface area contributed by atoms with E-state index >= 15 is 0 Å². The number of nitrogens with zero attached hydrogens (tertiary/aromatic N) is 4. The Morgan fingerprint density at radius 3 is 2.59 bits per heavy atom. The Labute approximate surface area is 194 Å². The van der Waals surface area contributed by atoms with Gasteiger partial charge in [0.25, 0.3) is 5.91 Å². The largest absolute Gasteiger partial charge is 0.490 e. The number of piperazine rings is 1. The van der Waals surface area contributed by atoms with Gasteiger partial charge >= 0.3 is 12.1 Å². The fourth-order valence-electron chi connectivity index (χ4n) is 3.63. The summed E-state index contributed by atoms with van der Waals surface area (Å²) in [7, 11) is 0. The summed E-state index contributed by atoms with van der Waals surface area (Å²) in [6.45, 7) is 10.9. The van der Waals surface area contributed by atoms with Crippen LogP contribution in [0.1, 0.15) is 21.6 Å². The molecule has 0 radical (unpaired) electrons. The Hall–Kier alpha value is -3.67. The van der Waals surface area contributed by atoms with Crippen molar-refractivity contribution in [1.82, 2.24) is 20.2 Å². The summed E-state index contributed by atoms with van der Waals surface area (Å²) in [5.41, 5.74) is 4.76. The van der Waals surface area contributed by atoms with Gasteiger partial charge in [-0.3, -0.25) is 4.79 Å². The maximum Gasteiger partial charge on any atom is 0.490 e. The molecule has 182 valence electrons. The normalized spacial score (nSPS) is 15.4. The van der Waals surface area contributed by atoms with Crippen molar-refractivity contribution in [3.8, 4) is 0 Å². The molecule has 1 amide bonds. The van der Waals surface area contributed by atoms with E-state index < -0.39 is 12.1 Å². The molecule has 0 spiro atoms. The van der Waals surface area contributed by atoms with E-state index in [2.05, 4.69) is 57.2 Å². The fraction of sp³-hybridized carbons (Fsp3) is 0.364. The number of amides is 1. The van der Waals surface area contributed by atoms with Crippen LogP contribution in [0.4, 0.5) is 30.5 Å². The Morgan fingerprint density at radius 1 is 1.32 bits per heavy atom. The first-order chi connectivity index (χ1) is 16.1. The molecule has 0 atom stereocenters. The lowest BCUT2D eigenvalue weighted by atomic mass is 10.1. The van der Waals surface area contributed by atoms with Gasteiger partial charge in [0.1, 0.15) is 0 Å². The van der Waals surface area contributed by atoms with Gasteiger partial charge in [0.2, 0.25) is 5.95 Å². The van der Waals surface area contributed by atoms with Gasteiger partial charge in [-0.1, -0.05) is 6.08 Å². The average Bonchev–Trinajstić information content (AvgIpc) is 3.09. The molecule has 3 N–H and O–H groups in total. The minimum atomic E-state index is -5.08. The van der Waals surface area contributed by atoms with Gasteiger partial charge in [-0.15, -0.1) is 6.58 Å². The second-order valence-corrected chi connectivity index (χ2v) is 7.69. The van der Waals surface area contributed by atoms with Crippen molar-refractivity contribution in [3.05, 3.63) is 53.9 Å². The van der Waals surface area contributed by atoms with Crippen LogP contribution in [0.25, 0.3) is 0 Å². The van der Waals surface area contributed by atoms with Crippen molar-refractivity contribution in [1.29, 1.82) is 0 Å². The molecule has 1 aromatic carbocycles. The smallest absolute Gasteiger partial charge is 0.475 e. The van der Waals surface area contributed by atoms with Crippen molar-refractivity contribution >= 4 is 29.2 Å². The highest BCUT2D eigenvalue weighted by Crippen LogP contribution is 2.26. The topological polar surface area (TPSA) is 111 Å². The number of rotatable bonds is 5. The number of carbonyl (C=O) groups is 2. The molecule has 34 heavy (non-hydrogen) atoms. The zero-order chi connectivity index (χ0) is 24.9. The Bertz CT molecular complexity index is 1070. The molecular formula is C22H25F3N6O3. The molecule has 1 aromatic heterocycles. The minimum absolute atomic E-state index is 0.0346. The number of carboxylic acid groups (broad SMARTS) is 1. The maximum absolute atomic E-state index is 12.3. The molecule has 2 aliphatic rings. The number of carboxylic acids is 1. The van der Waals surface area contributed by atoms with E-state index in [9.17, 15) is 18.0 Å². The van der Waals surface area contributed by atoms with Crippen molar-refractivity contribution in [2.75, 3.05) is 42.9 Å². The number of benzene rings is 1. The lowest BCUT2D eigenvalue weighted by Crippen LogP contribution is -2.43. The molecule has 0 unspecified atom stereocenters. The summed E-state index contributed by atoms with van der Waals surface area (Å²) >= 11 is 0. The van der Waals surface area contributed by atoms with Gasteiger partial charge in [0.05, 0.1) is 17.8 Å². The Kier molecular flexibility index (Phi) is 7.72. The van der Waals surface area contributed by atoms with Crippen LogP contribution in [0.15, 0.2) is 37.1 Å². The van der Waals surface area contributed by atoms with Crippen LogP contribution in [0.2, 0.25) is 0 Å². The molecule has 2 aromatic rings. The summed E-state index contributed by atoms with van der Waals surface area (Å²) in [5, 5.41) is 13.8. The first-order valence-corrected chi connectivity index (χ1v) is 10.5. The van der Waals surface area contributed by atoms with Gasteiger partial charge in [-0.2, -0.15) is 13.2 Å². The molecule has 12 heteroatoms. The van der Waals surface area contributed by atoms with Crippen LogP contribution in [-0.4, -0.2) is 70.8 Å². The van der Waals surface area contributed by atoms with Crippen molar-refractivity contribution in [3.63, 3.8) is 0 Å². The van der Waals surface area contributed by atoms with Gasteiger partial charge in [-0.25, -0.2) is 14.8 Å². The van der Waals surface area contributed by atoms with Crippen molar-refractivity contribution in [2.24, 2.45) is 0 Å². The van der Waals surface area contributed by atoms with Gasteiger partial charge in [0.15, 0.2) is 0 Å². The SMILES string of the molecule is C=CCN1Cc2nc(Nc3ccc(N4CCNCC4)c(C)c3)ncc2C1=O.O=C(O)C(F)(F)F. The quantitative estimate of drug-likeness (QED) is 0.563. The van der Waals surface area contributed by atoms with E-state index in [1.807, 2.05) is 0 Å². The zero-order valence-corrected chi connectivity index (χ0v) is 18.5. The van der Waals surface area contributed by atoms with E-state index in [0.29, 0.717) is 24.6 Å². The number of aryl methyl sites for hydroxylation is 1. The minimum Gasteiger partial charge on any atom is -0.475 e. The summed E-state index contributed by atoms with van der Waals surface area (Å²) in [4.78, 5) is 34.1. The highest BCUT2D eigenvalue weighted by molar-refractivity contribution is 5.97. The van der Waals surface area contributed by atoms with E-state index in [1.54, 1.807) is 17.2 Å². The third kappa shape index (κ3) is 6.01. The number of aliphatic carboxylic acids is 1. The summed E-state index contributed by atoms with van der Waals surface area (Å²) in [6, 6.07) is 6.31. The standard InChI is InChI=1S/C20H24N6O.C2HF3O2/c1-3-8-26-13-17-16(19(26)27)12-22-20(24-17)23-15-4-5-18(14(2)11-15)25-9-6-21-7-10-25;3-2(4,5)1(6)7/h3-5,11-12,21H,1,6-10,13H2,2H3,(H,22,23,24);(H,6,7). The van der Waals surface area contributed by atoms with E-state index in [4.69, 9.17) is 9.90 Å². The molecule has 1 saturated heterocycles. The van der Waals surface area contributed by atoms with E-state index in [1.165, 1.54) is 11.3 Å². The Morgan fingerprint density at radius 2 is 2.00 bits per heavy atom. The van der Waals surface area contributed by atoms with E-state index in [0.717, 1.165) is 37.6 Å². The molecule has 0 saturated carbocycles. The number of hydrogen-bond donors (Lipinski definition) is 3. The zero-order valence-electron chi connectivity index (χ0n) is 18.5. The van der Waals surface area contributed by atoms with Crippen LogP contribution in [0.5, 0.6) is 0 Å².